The summed E-state index contributed by atoms with van der Waals surface area (Å²) in [7, 11) is 0. The van der Waals surface area contributed by atoms with Crippen LogP contribution in [0.3, 0.4) is 0 Å². The third-order valence-corrected chi connectivity index (χ3v) is 4.00. The fraction of sp³-hybridized carbons (Fsp3) is 0.263. The van der Waals surface area contributed by atoms with E-state index >= 15 is 0 Å². The van der Waals surface area contributed by atoms with E-state index in [0.717, 1.165) is 12.8 Å². The first kappa shape index (κ1) is 15.4. The van der Waals surface area contributed by atoms with E-state index < -0.39 is 5.92 Å². The van der Waals surface area contributed by atoms with Crippen molar-refractivity contribution in [3.05, 3.63) is 66.2 Å². The lowest BCUT2D eigenvalue weighted by Gasteiger charge is -2.21. The SMILES string of the molecule is O=C(Nc1ccccc1)C(C(=O)c1ccccc1)C1CCCO1. The Hall–Kier alpha value is -2.46. The number of nitrogens with one attached hydrogen (secondary N) is 1. The number of hydrogen-bond acceptors (Lipinski definition) is 3. The number of ether oxygens (including phenoxy) is 1. The number of ketones is 1. The minimum atomic E-state index is -0.819. The summed E-state index contributed by atoms with van der Waals surface area (Å²) < 4.78 is 5.63. The number of hydrogen-bond donors (Lipinski definition) is 1. The quantitative estimate of drug-likeness (QED) is 0.681. The van der Waals surface area contributed by atoms with E-state index in [4.69, 9.17) is 4.74 Å². The molecule has 3 rings (SSSR count). The summed E-state index contributed by atoms with van der Waals surface area (Å²) in [5.41, 5.74) is 1.22. The molecule has 1 saturated heterocycles. The first-order valence-corrected chi connectivity index (χ1v) is 7.82. The van der Waals surface area contributed by atoms with Crippen LogP contribution < -0.4 is 5.32 Å². The van der Waals surface area contributed by atoms with Crippen molar-refractivity contribution in [2.24, 2.45) is 5.92 Å². The lowest BCUT2D eigenvalue weighted by molar-refractivity contribution is -0.121. The summed E-state index contributed by atoms with van der Waals surface area (Å²) in [6.07, 6.45) is 1.25. The largest absolute Gasteiger partial charge is 0.377 e. The molecule has 2 unspecified atom stereocenters. The van der Waals surface area contributed by atoms with Crippen molar-refractivity contribution in [3.8, 4) is 0 Å². The van der Waals surface area contributed by atoms with Crippen molar-refractivity contribution in [1.82, 2.24) is 0 Å². The highest BCUT2D eigenvalue weighted by Crippen LogP contribution is 2.25. The number of amides is 1. The van der Waals surface area contributed by atoms with Crippen molar-refractivity contribution >= 4 is 17.4 Å². The lowest BCUT2D eigenvalue weighted by atomic mass is 9.90. The van der Waals surface area contributed by atoms with Crippen LogP contribution in [-0.4, -0.2) is 24.4 Å². The van der Waals surface area contributed by atoms with Crippen LogP contribution >= 0.6 is 0 Å². The summed E-state index contributed by atoms with van der Waals surface area (Å²) in [4.78, 5) is 25.5. The summed E-state index contributed by atoms with van der Waals surface area (Å²) in [6.45, 7) is 0.599. The van der Waals surface area contributed by atoms with Crippen LogP contribution in [0, 0.1) is 5.92 Å². The van der Waals surface area contributed by atoms with Gasteiger partial charge in [0, 0.05) is 17.9 Å². The van der Waals surface area contributed by atoms with Crippen LogP contribution in [0.5, 0.6) is 0 Å². The summed E-state index contributed by atoms with van der Waals surface area (Å²) in [5, 5.41) is 2.83. The zero-order chi connectivity index (χ0) is 16.1. The van der Waals surface area contributed by atoms with Gasteiger partial charge in [-0.3, -0.25) is 9.59 Å². The zero-order valence-electron chi connectivity index (χ0n) is 12.8. The molecule has 0 aliphatic carbocycles. The second-order valence-electron chi connectivity index (χ2n) is 5.61. The third kappa shape index (κ3) is 3.66. The molecule has 2 aromatic rings. The van der Waals surface area contributed by atoms with Crippen molar-refractivity contribution in [2.45, 2.75) is 18.9 Å². The van der Waals surface area contributed by atoms with Gasteiger partial charge in [-0.15, -0.1) is 0 Å². The maximum Gasteiger partial charge on any atom is 0.238 e. The van der Waals surface area contributed by atoms with Gasteiger partial charge >= 0.3 is 0 Å². The van der Waals surface area contributed by atoms with Gasteiger partial charge in [0.25, 0.3) is 0 Å². The maximum atomic E-state index is 12.8. The zero-order valence-corrected chi connectivity index (χ0v) is 12.8. The van der Waals surface area contributed by atoms with Gasteiger partial charge in [-0.25, -0.2) is 0 Å². The second kappa shape index (κ2) is 7.20. The molecule has 4 nitrogen and oxygen atoms in total. The Labute approximate surface area is 135 Å². The smallest absolute Gasteiger partial charge is 0.238 e. The molecule has 0 saturated carbocycles. The molecule has 2 aromatic carbocycles. The van der Waals surface area contributed by atoms with Crippen molar-refractivity contribution < 1.29 is 14.3 Å². The van der Waals surface area contributed by atoms with Crippen LogP contribution in [0.15, 0.2) is 60.7 Å². The molecule has 1 heterocycles. The lowest BCUT2D eigenvalue weighted by Crippen LogP contribution is -2.38. The van der Waals surface area contributed by atoms with Crippen molar-refractivity contribution in [2.75, 3.05) is 11.9 Å². The average molecular weight is 309 g/mol. The van der Waals surface area contributed by atoms with E-state index in [2.05, 4.69) is 5.32 Å². The first-order valence-electron chi connectivity index (χ1n) is 7.82. The minimum Gasteiger partial charge on any atom is -0.377 e. The van der Waals surface area contributed by atoms with Crippen LogP contribution in [0.2, 0.25) is 0 Å². The molecular formula is C19H19NO3. The molecule has 1 aliphatic rings. The Bertz CT molecular complexity index is 664. The Morgan fingerprint density at radius 1 is 1.00 bits per heavy atom. The molecule has 0 radical (unpaired) electrons. The minimum absolute atomic E-state index is 0.189. The van der Waals surface area contributed by atoms with Crippen LogP contribution in [-0.2, 0) is 9.53 Å². The molecule has 1 fully saturated rings. The molecule has 23 heavy (non-hydrogen) atoms. The average Bonchev–Trinajstić information content (AvgIpc) is 3.11. The number of rotatable bonds is 5. The number of benzene rings is 2. The van der Waals surface area contributed by atoms with Gasteiger partial charge in [0.05, 0.1) is 6.10 Å². The number of Topliss-reactive ketones (excluding diaryl/α,β-unsaturated/α-hetero) is 1. The Morgan fingerprint density at radius 2 is 1.65 bits per heavy atom. The highest BCUT2D eigenvalue weighted by atomic mass is 16.5. The van der Waals surface area contributed by atoms with Crippen LogP contribution in [0.4, 0.5) is 5.69 Å². The third-order valence-electron chi connectivity index (χ3n) is 4.00. The highest BCUT2D eigenvalue weighted by molar-refractivity contribution is 6.14. The van der Waals surface area contributed by atoms with Crippen molar-refractivity contribution in [1.29, 1.82) is 0 Å². The topological polar surface area (TPSA) is 55.4 Å². The number of carbonyl (C=O) groups is 2. The highest BCUT2D eigenvalue weighted by Gasteiger charge is 2.37. The molecule has 1 aliphatic heterocycles. The first-order chi connectivity index (χ1) is 11.3. The molecular weight excluding hydrogens is 290 g/mol. The van der Waals surface area contributed by atoms with Gasteiger partial charge in [-0.1, -0.05) is 48.5 Å². The van der Waals surface area contributed by atoms with Gasteiger partial charge in [-0.2, -0.15) is 0 Å². The number of para-hydroxylation sites is 1. The molecule has 2 atom stereocenters. The van der Waals surface area contributed by atoms with E-state index in [9.17, 15) is 9.59 Å². The fourth-order valence-corrected chi connectivity index (χ4v) is 2.85. The fourth-order valence-electron chi connectivity index (χ4n) is 2.85. The number of anilines is 1. The van der Waals surface area contributed by atoms with E-state index in [-0.39, 0.29) is 17.8 Å². The Balaban J connectivity index is 1.83. The molecule has 0 bridgehead atoms. The predicted molar refractivity (Wildman–Crippen MR) is 88.3 cm³/mol. The van der Waals surface area contributed by atoms with Crippen LogP contribution in [0.25, 0.3) is 0 Å². The molecule has 0 aromatic heterocycles. The Kier molecular flexibility index (Phi) is 4.83. The van der Waals surface area contributed by atoms with Gasteiger partial charge in [0.2, 0.25) is 5.91 Å². The van der Waals surface area contributed by atoms with E-state index in [1.54, 1.807) is 36.4 Å². The molecule has 1 amide bonds. The molecule has 0 spiro atoms. The standard InChI is InChI=1S/C19H19NO3/c21-18(14-8-3-1-4-9-14)17(16-12-7-13-23-16)19(22)20-15-10-5-2-6-11-15/h1-6,8-11,16-17H,7,12-13H2,(H,20,22). The summed E-state index contributed by atoms with van der Waals surface area (Å²) >= 11 is 0. The van der Waals surface area contributed by atoms with E-state index in [1.165, 1.54) is 0 Å². The molecule has 118 valence electrons. The molecule has 1 N–H and O–H groups in total. The van der Waals surface area contributed by atoms with Gasteiger partial charge < -0.3 is 10.1 Å². The normalized spacial score (nSPS) is 18.3. The predicted octanol–water partition coefficient (Wildman–Crippen LogP) is 3.30. The van der Waals surface area contributed by atoms with Gasteiger partial charge in [0.15, 0.2) is 5.78 Å². The van der Waals surface area contributed by atoms with Crippen molar-refractivity contribution in [3.63, 3.8) is 0 Å². The molecule has 4 heteroatoms. The maximum absolute atomic E-state index is 12.8. The van der Waals surface area contributed by atoms with E-state index in [0.29, 0.717) is 17.9 Å². The van der Waals surface area contributed by atoms with Crippen LogP contribution in [0.1, 0.15) is 23.2 Å². The second-order valence-corrected chi connectivity index (χ2v) is 5.61. The summed E-state index contributed by atoms with van der Waals surface area (Å²) in [6, 6.07) is 18.1. The Morgan fingerprint density at radius 3 is 2.26 bits per heavy atom. The summed E-state index contributed by atoms with van der Waals surface area (Å²) in [5.74, 6) is -1.32. The van der Waals surface area contributed by atoms with Gasteiger partial charge in [0.1, 0.15) is 5.92 Å². The number of carbonyl (C=O) groups excluding carboxylic acids is 2. The monoisotopic (exact) mass is 309 g/mol. The van der Waals surface area contributed by atoms with E-state index in [1.807, 2.05) is 24.3 Å². The van der Waals surface area contributed by atoms with Gasteiger partial charge in [-0.05, 0) is 25.0 Å².